The van der Waals surface area contributed by atoms with E-state index in [-0.39, 0.29) is 22.9 Å². The van der Waals surface area contributed by atoms with Gasteiger partial charge in [0, 0.05) is 25.0 Å². The van der Waals surface area contributed by atoms with Crippen molar-refractivity contribution in [3.63, 3.8) is 0 Å². The topological polar surface area (TPSA) is 41.6 Å². The first-order valence-corrected chi connectivity index (χ1v) is 7.57. The monoisotopic (exact) mass is 266 g/mol. The zero-order valence-electron chi connectivity index (χ0n) is 12.4. The third-order valence-electron chi connectivity index (χ3n) is 5.11. The van der Waals surface area contributed by atoms with E-state index in [1.807, 2.05) is 20.8 Å². The van der Waals surface area contributed by atoms with Gasteiger partial charge in [-0.15, -0.1) is 0 Å². The molecule has 4 aliphatic heterocycles. The van der Waals surface area contributed by atoms with Gasteiger partial charge in [-0.05, 0) is 52.6 Å². The third-order valence-corrected chi connectivity index (χ3v) is 5.11. The van der Waals surface area contributed by atoms with E-state index >= 15 is 0 Å². The molecule has 2 atom stereocenters. The van der Waals surface area contributed by atoms with Gasteiger partial charge in [-0.2, -0.15) is 0 Å². The number of hydrogen-bond acceptors (Lipinski definition) is 4. The molecule has 4 heteroatoms. The highest BCUT2D eigenvalue weighted by Gasteiger charge is 2.56. The van der Waals surface area contributed by atoms with Crippen LogP contribution in [0.4, 0.5) is 0 Å². The summed E-state index contributed by atoms with van der Waals surface area (Å²) in [6, 6.07) is 0. The fraction of sp³-hybridized carbons (Fsp3) is 0.933. The number of carbonyl (C=O) groups is 1. The molecule has 1 spiro atoms. The van der Waals surface area contributed by atoms with Gasteiger partial charge in [0.05, 0.1) is 5.92 Å². The molecule has 4 heterocycles. The van der Waals surface area contributed by atoms with Gasteiger partial charge >= 0.3 is 5.97 Å². The maximum Gasteiger partial charge on any atom is 0.311 e. The molecule has 0 radical (unpaired) electrons. The second-order valence-corrected chi connectivity index (χ2v) is 7.50. The molecule has 0 amide bonds. The lowest BCUT2D eigenvalue weighted by atomic mass is 9.61. The standard InChI is InChI=1S/C15H26N2O2/c1-14(2,3)19-13(18)12-8-16-9-15(12)10-17-6-4-11(15)5-7-17/h11-12,16H,4-10H2,1-3H3. The van der Waals surface area contributed by atoms with Gasteiger partial charge in [0.15, 0.2) is 0 Å². The maximum atomic E-state index is 12.5. The first kappa shape index (κ1) is 13.4. The number of piperidine rings is 3. The molecule has 0 aromatic rings. The minimum Gasteiger partial charge on any atom is -0.460 e. The van der Waals surface area contributed by atoms with Gasteiger partial charge in [-0.25, -0.2) is 0 Å². The van der Waals surface area contributed by atoms with Crippen LogP contribution in [0, 0.1) is 17.3 Å². The van der Waals surface area contributed by atoms with Crippen molar-refractivity contribution in [3.05, 3.63) is 0 Å². The van der Waals surface area contributed by atoms with E-state index in [1.54, 1.807) is 0 Å². The molecule has 4 fully saturated rings. The average Bonchev–Trinajstić information content (AvgIpc) is 2.72. The fourth-order valence-electron chi connectivity index (χ4n) is 4.27. The number of nitrogens with zero attached hydrogens (tertiary/aromatic N) is 1. The number of rotatable bonds is 1. The normalized spacial score (nSPS) is 41.7. The summed E-state index contributed by atoms with van der Waals surface area (Å²) in [5, 5.41) is 3.46. The quantitative estimate of drug-likeness (QED) is 0.726. The minimum absolute atomic E-state index is 0.00579. The van der Waals surface area contributed by atoms with E-state index in [1.165, 1.54) is 25.9 Å². The number of ether oxygens (including phenoxy) is 1. The van der Waals surface area contributed by atoms with Gasteiger partial charge in [0.1, 0.15) is 5.60 Å². The number of hydrogen-bond donors (Lipinski definition) is 1. The van der Waals surface area contributed by atoms with Crippen molar-refractivity contribution in [2.75, 3.05) is 32.7 Å². The smallest absolute Gasteiger partial charge is 0.311 e. The van der Waals surface area contributed by atoms with Crippen molar-refractivity contribution in [2.45, 2.75) is 39.2 Å². The van der Waals surface area contributed by atoms with Gasteiger partial charge in [0.2, 0.25) is 0 Å². The highest BCUT2D eigenvalue weighted by atomic mass is 16.6. The molecular formula is C15H26N2O2. The Kier molecular flexibility index (Phi) is 3.13. The summed E-state index contributed by atoms with van der Waals surface area (Å²) < 4.78 is 5.66. The summed E-state index contributed by atoms with van der Waals surface area (Å²) in [4.78, 5) is 15.1. The van der Waals surface area contributed by atoms with Crippen molar-refractivity contribution in [1.82, 2.24) is 10.2 Å². The van der Waals surface area contributed by atoms with E-state index in [0.29, 0.717) is 5.92 Å². The van der Waals surface area contributed by atoms with Crippen LogP contribution in [0.15, 0.2) is 0 Å². The summed E-state index contributed by atoms with van der Waals surface area (Å²) in [6.45, 7) is 11.1. The Balaban J connectivity index is 1.80. The van der Waals surface area contributed by atoms with Crippen LogP contribution >= 0.6 is 0 Å². The summed E-state index contributed by atoms with van der Waals surface area (Å²) in [5.41, 5.74) is -0.242. The second kappa shape index (κ2) is 4.45. The summed E-state index contributed by atoms with van der Waals surface area (Å²) in [6.07, 6.45) is 2.50. The summed E-state index contributed by atoms with van der Waals surface area (Å²) in [7, 11) is 0. The zero-order valence-corrected chi connectivity index (χ0v) is 12.4. The molecule has 4 saturated heterocycles. The van der Waals surface area contributed by atoms with Gasteiger partial charge in [0.25, 0.3) is 0 Å². The minimum atomic E-state index is -0.380. The van der Waals surface area contributed by atoms with E-state index < -0.39 is 0 Å². The summed E-state index contributed by atoms with van der Waals surface area (Å²) >= 11 is 0. The summed E-state index contributed by atoms with van der Waals surface area (Å²) in [5.74, 6) is 0.746. The molecule has 0 saturated carbocycles. The largest absolute Gasteiger partial charge is 0.460 e. The lowest BCUT2D eigenvalue weighted by molar-refractivity contribution is -0.168. The van der Waals surface area contributed by atoms with Gasteiger partial charge < -0.3 is 15.0 Å². The van der Waals surface area contributed by atoms with Gasteiger partial charge in [-0.1, -0.05) is 0 Å². The van der Waals surface area contributed by atoms with E-state index in [4.69, 9.17) is 4.74 Å². The van der Waals surface area contributed by atoms with Crippen molar-refractivity contribution >= 4 is 5.97 Å². The molecule has 4 aliphatic rings. The van der Waals surface area contributed by atoms with E-state index in [2.05, 4.69) is 10.2 Å². The van der Waals surface area contributed by atoms with Crippen LogP contribution < -0.4 is 5.32 Å². The number of fused-ring (bicyclic) bond motifs is 2. The highest BCUT2D eigenvalue weighted by Crippen LogP contribution is 2.49. The Morgan fingerprint density at radius 2 is 2.00 bits per heavy atom. The van der Waals surface area contributed by atoms with Crippen molar-refractivity contribution in [2.24, 2.45) is 17.3 Å². The molecule has 0 aromatic heterocycles. The van der Waals surface area contributed by atoms with Crippen molar-refractivity contribution in [3.8, 4) is 0 Å². The Hall–Kier alpha value is -0.610. The fourth-order valence-corrected chi connectivity index (χ4v) is 4.27. The van der Waals surface area contributed by atoms with Crippen molar-refractivity contribution in [1.29, 1.82) is 0 Å². The Morgan fingerprint density at radius 3 is 2.53 bits per heavy atom. The predicted octanol–water partition coefficient (Wildman–Crippen LogP) is 1.26. The number of carbonyl (C=O) groups excluding carboxylic acids is 1. The molecule has 19 heavy (non-hydrogen) atoms. The first-order valence-electron chi connectivity index (χ1n) is 7.57. The zero-order chi connectivity index (χ0) is 13.7. The molecule has 4 rings (SSSR count). The Bertz CT molecular complexity index is 369. The Morgan fingerprint density at radius 1 is 1.32 bits per heavy atom. The lowest BCUT2D eigenvalue weighted by Gasteiger charge is -2.53. The molecule has 0 aromatic carbocycles. The first-order chi connectivity index (χ1) is 8.91. The molecule has 4 nitrogen and oxygen atoms in total. The second-order valence-electron chi connectivity index (χ2n) is 7.50. The van der Waals surface area contributed by atoms with Crippen LogP contribution in [-0.2, 0) is 9.53 Å². The van der Waals surface area contributed by atoms with Crippen LogP contribution in [0.2, 0.25) is 0 Å². The molecular weight excluding hydrogens is 240 g/mol. The van der Waals surface area contributed by atoms with Crippen molar-refractivity contribution < 1.29 is 9.53 Å². The lowest BCUT2D eigenvalue weighted by Crippen LogP contribution is -2.59. The van der Waals surface area contributed by atoms with E-state index in [0.717, 1.165) is 19.6 Å². The van der Waals surface area contributed by atoms with Crippen LogP contribution in [0.3, 0.4) is 0 Å². The third kappa shape index (κ3) is 2.29. The number of esters is 1. The molecule has 0 aliphatic carbocycles. The Labute approximate surface area is 115 Å². The SMILES string of the molecule is CC(C)(C)OC(=O)C1CNCC12CN1CCC2CC1. The molecule has 2 unspecified atom stereocenters. The van der Waals surface area contributed by atoms with Crippen LogP contribution in [-0.4, -0.2) is 49.2 Å². The van der Waals surface area contributed by atoms with Crippen LogP contribution in [0.25, 0.3) is 0 Å². The van der Waals surface area contributed by atoms with Gasteiger partial charge in [-0.3, -0.25) is 4.79 Å². The predicted molar refractivity (Wildman–Crippen MR) is 73.8 cm³/mol. The molecule has 108 valence electrons. The average molecular weight is 266 g/mol. The maximum absolute atomic E-state index is 12.5. The highest BCUT2D eigenvalue weighted by molar-refractivity contribution is 5.75. The molecule has 2 bridgehead atoms. The van der Waals surface area contributed by atoms with Crippen LogP contribution in [0.1, 0.15) is 33.6 Å². The number of nitrogens with one attached hydrogen (secondary N) is 1. The van der Waals surface area contributed by atoms with E-state index in [9.17, 15) is 4.79 Å². The van der Waals surface area contributed by atoms with Crippen LogP contribution in [0.5, 0.6) is 0 Å². The molecule has 1 N–H and O–H groups in total.